The van der Waals surface area contributed by atoms with E-state index in [0.29, 0.717) is 35.1 Å². The molecule has 0 spiro atoms. The lowest BCUT2D eigenvalue weighted by molar-refractivity contribution is 0.232. The molecule has 2 aliphatic heterocycles. The van der Waals surface area contributed by atoms with Gasteiger partial charge in [-0.25, -0.2) is 8.78 Å². The van der Waals surface area contributed by atoms with Crippen molar-refractivity contribution >= 4 is 11.1 Å². The van der Waals surface area contributed by atoms with Gasteiger partial charge in [-0.2, -0.15) is 0 Å². The fourth-order valence-electron chi connectivity index (χ4n) is 5.24. The summed E-state index contributed by atoms with van der Waals surface area (Å²) in [6.45, 7) is 7.75. The fraction of sp³-hybridized carbons (Fsp3) is 0.333. The number of aromatic hydroxyl groups is 2. The summed E-state index contributed by atoms with van der Waals surface area (Å²) in [4.78, 5) is 2.43. The maximum absolute atomic E-state index is 15.0. The molecule has 0 amide bonds. The molecule has 2 atom stereocenters. The smallest absolute Gasteiger partial charge is 0.167 e. The lowest BCUT2D eigenvalue weighted by Gasteiger charge is -2.31. The van der Waals surface area contributed by atoms with Gasteiger partial charge in [0.15, 0.2) is 11.6 Å². The molecule has 194 valence electrons. The number of fused-ring (bicyclic) bond motifs is 1. The number of halogens is 2. The van der Waals surface area contributed by atoms with Crippen LogP contribution in [-0.4, -0.2) is 41.4 Å². The highest BCUT2D eigenvalue weighted by Gasteiger charge is 2.32. The van der Waals surface area contributed by atoms with E-state index in [0.717, 1.165) is 42.9 Å². The first kappa shape index (κ1) is 25.1. The molecule has 5 nitrogen and oxygen atoms in total. The van der Waals surface area contributed by atoms with Gasteiger partial charge in [0.05, 0.1) is 0 Å². The molecule has 1 saturated heterocycles. The first-order chi connectivity index (χ1) is 17.8. The summed E-state index contributed by atoms with van der Waals surface area (Å²) < 4.78 is 41.1. The van der Waals surface area contributed by atoms with Gasteiger partial charge in [0.2, 0.25) is 0 Å². The number of likely N-dealkylation sites (tertiary alicyclic amines) is 1. The number of hydrogen-bond donors (Lipinski definition) is 2. The van der Waals surface area contributed by atoms with E-state index in [4.69, 9.17) is 9.47 Å². The van der Waals surface area contributed by atoms with Gasteiger partial charge in [-0.1, -0.05) is 25.5 Å². The van der Waals surface area contributed by atoms with Crippen LogP contribution in [0.2, 0.25) is 0 Å². The fourth-order valence-corrected chi connectivity index (χ4v) is 5.24. The number of rotatable bonds is 7. The molecule has 0 bridgehead atoms. The van der Waals surface area contributed by atoms with Crippen molar-refractivity contribution in [3.63, 3.8) is 0 Å². The highest BCUT2D eigenvalue weighted by atomic mass is 19.1. The van der Waals surface area contributed by atoms with Crippen molar-refractivity contribution < 1.29 is 28.5 Å². The van der Waals surface area contributed by atoms with Crippen molar-refractivity contribution in [1.82, 2.24) is 4.90 Å². The minimum absolute atomic E-state index is 0.0340. The van der Waals surface area contributed by atoms with Crippen LogP contribution in [0, 0.1) is 17.6 Å². The summed E-state index contributed by atoms with van der Waals surface area (Å²) in [5, 5.41) is 20.0. The van der Waals surface area contributed by atoms with E-state index in [2.05, 4.69) is 11.8 Å². The van der Waals surface area contributed by atoms with Crippen LogP contribution in [0.3, 0.4) is 0 Å². The third-order valence-corrected chi connectivity index (χ3v) is 7.41. The standard InChI is InChI=1S/C30H31F2NO4/c1-3-19-10-11-33(17-19)12-13-36-22-7-4-20(5-8-22)30-29(24-15-27(35)26(32)16-25(24)31)18(2)23-14-21(34)6-9-28(23)37-30/h4-9,14-16,19,30,34-35H,3,10-13,17H2,1-2H3/t19-,30?/m1/s1. The Morgan fingerprint density at radius 3 is 2.51 bits per heavy atom. The summed E-state index contributed by atoms with van der Waals surface area (Å²) in [6, 6.07) is 13.9. The highest BCUT2D eigenvalue weighted by Crippen LogP contribution is 2.48. The van der Waals surface area contributed by atoms with Gasteiger partial charge in [-0.3, -0.25) is 4.90 Å². The van der Waals surface area contributed by atoms with Crippen LogP contribution < -0.4 is 9.47 Å². The van der Waals surface area contributed by atoms with E-state index in [1.807, 2.05) is 24.3 Å². The molecule has 37 heavy (non-hydrogen) atoms. The van der Waals surface area contributed by atoms with Crippen LogP contribution in [0.5, 0.6) is 23.0 Å². The summed E-state index contributed by atoms with van der Waals surface area (Å²) in [5.74, 6) is -0.411. The van der Waals surface area contributed by atoms with Crippen LogP contribution >= 0.6 is 0 Å². The molecule has 7 heteroatoms. The number of phenolic OH excluding ortho intramolecular Hbond substituents is 2. The Morgan fingerprint density at radius 1 is 1.00 bits per heavy atom. The molecule has 2 heterocycles. The Balaban J connectivity index is 1.41. The topological polar surface area (TPSA) is 62.2 Å². The van der Waals surface area contributed by atoms with Crippen LogP contribution in [0.1, 0.15) is 49.5 Å². The van der Waals surface area contributed by atoms with Crippen molar-refractivity contribution in [2.75, 3.05) is 26.2 Å². The predicted molar refractivity (Wildman–Crippen MR) is 139 cm³/mol. The zero-order valence-corrected chi connectivity index (χ0v) is 21.0. The van der Waals surface area contributed by atoms with Crippen LogP contribution in [0.4, 0.5) is 8.78 Å². The molecule has 0 aliphatic carbocycles. The van der Waals surface area contributed by atoms with E-state index in [1.165, 1.54) is 18.9 Å². The maximum atomic E-state index is 15.0. The Morgan fingerprint density at radius 2 is 1.78 bits per heavy atom. The second-order valence-corrected chi connectivity index (χ2v) is 9.78. The van der Waals surface area contributed by atoms with Crippen LogP contribution in [0.25, 0.3) is 11.1 Å². The second-order valence-electron chi connectivity index (χ2n) is 9.78. The molecule has 0 aromatic heterocycles. The van der Waals surface area contributed by atoms with E-state index in [-0.39, 0.29) is 11.3 Å². The average molecular weight is 508 g/mol. The Hall–Kier alpha value is -3.58. The quantitative estimate of drug-likeness (QED) is 0.380. The first-order valence-corrected chi connectivity index (χ1v) is 12.7. The Bertz CT molecular complexity index is 1320. The summed E-state index contributed by atoms with van der Waals surface area (Å²) >= 11 is 0. The van der Waals surface area contributed by atoms with Gasteiger partial charge in [0, 0.05) is 35.9 Å². The molecular weight excluding hydrogens is 476 g/mol. The van der Waals surface area contributed by atoms with Crippen molar-refractivity contribution in [3.05, 3.63) is 82.9 Å². The molecule has 1 fully saturated rings. The third-order valence-electron chi connectivity index (χ3n) is 7.41. The second kappa shape index (κ2) is 10.4. The van der Waals surface area contributed by atoms with Crippen molar-refractivity contribution in [2.45, 2.75) is 32.8 Å². The van der Waals surface area contributed by atoms with Gasteiger partial charge in [0.25, 0.3) is 0 Å². The number of hydrogen-bond acceptors (Lipinski definition) is 5. The highest BCUT2D eigenvalue weighted by molar-refractivity contribution is 5.96. The zero-order chi connectivity index (χ0) is 26.1. The SMILES string of the molecule is CC[C@@H]1CCN(CCOc2ccc(C3Oc4ccc(O)cc4C(C)=C3c3cc(O)c(F)cc3F)cc2)C1. The molecule has 1 unspecified atom stereocenters. The number of nitrogens with zero attached hydrogens (tertiary/aromatic N) is 1. The van der Waals surface area contributed by atoms with Gasteiger partial charge < -0.3 is 19.7 Å². The number of phenols is 2. The van der Waals surface area contributed by atoms with E-state index >= 15 is 0 Å². The number of allylic oxidation sites excluding steroid dienone is 1. The average Bonchev–Trinajstić information content (AvgIpc) is 3.35. The Labute approximate surface area is 215 Å². The van der Waals surface area contributed by atoms with Gasteiger partial charge >= 0.3 is 0 Å². The summed E-state index contributed by atoms with van der Waals surface area (Å²) in [6.07, 6.45) is 1.74. The minimum Gasteiger partial charge on any atom is -0.508 e. The lowest BCUT2D eigenvalue weighted by atomic mass is 9.85. The van der Waals surface area contributed by atoms with E-state index < -0.39 is 23.5 Å². The lowest BCUT2D eigenvalue weighted by Crippen LogP contribution is -2.26. The minimum atomic E-state index is -1.04. The monoisotopic (exact) mass is 507 g/mol. The molecule has 0 saturated carbocycles. The van der Waals surface area contributed by atoms with Crippen molar-refractivity contribution in [1.29, 1.82) is 0 Å². The third kappa shape index (κ3) is 5.14. The molecule has 2 aliphatic rings. The van der Waals surface area contributed by atoms with Crippen LogP contribution in [-0.2, 0) is 0 Å². The summed E-state index contributed by atoms with van der Waals surface area (Å²) in [5.41, 5.74) is 2.48. The largest absolute Gasteiger partial charge is 0.508 e. The van der Waals surface area contributed by atoms with Crippen LogP contribution in [0.15, 0.2) is 54.6 Å². The molecule has 0 radical (unpaired) electrons. The van der Waals surface area contributed by atoms with Gasteiger partial charge in [-0.15, -0.1) is 0 Å². The molecule has 2 N–H and O–H groups in total. The zero-order valence-electron chi connectivity index (χ0n) is 21.0. The summed E-state index contributed by atoms with van der Waals surface area (Å²) in [7, 11) is 0. The normalized spacial score (nSPS) is 19.6. The number of benzene rings is 3. The number of ether oxygens (including phenoxy) is 2. The van der Waals surface area contributed by atoms with Crippen molar-refractivity contribution in [3.8, 4) is 23.0 Å². The first-order valence-electron chi connectivity index (χ1n) is 12.7. The molecule has 5 rings (SSSR count). The Kier molecular flexibility index (Phi) is 7.07. The van der Waals surface area contributed by atoms with Crippen molar-refractivity contribution in [2.24, 2.45) is 5.92 Å². The molecular formula is C30H31F2NO4. The van der Waals surface area contributed by atoms with E-state index in [1.54, 1.807) is 19.1 Å². The van der Waals surface area contributed by atoms with Gasteiger partial charge in [0.1, 0.15) is 35.8 Å². The maximum Gasteiger partial charge on any atom is 0.167 e. The molecule has 3 aromatic rings. The van der Waals surface area contributed by atoms with Gasteiger partial charge in [-0.05, 0) is 73.3 Å². The molecule has 3 aromatic carbocycles. The predicted octanol–water partition coefficient (Wildman–Crippen LogP) is 6.55. The van der Waals surface area contributed by atoms with E-state index in [9.17, 15) is 19.0 Å².